The second kappa shape index (κ2) is 9.03. The standard InChI is InChI=1S/C17H24N2O6/c1-17(2,3)25-16(24)19-10-12-6-4-11(5-7-12)9-18-13(15(22)23)8-14(20)21/h4-7,13,18H,8-10H2,1-3H3,(H,19,24)(H,20,21)(H,22,23). The third kappa shape index (κ3) is 8.71. The summed E-state index contributed by atoms with van der Waals surface area (Å²) in [6.45, 7) is 5.87. The molecule has 1 unspecified atom stereocenters. The molecule has 1 aromatic rings. The number of aliphatic carboxylic acids is 2. The first kappa shape index (κ1) is 20.4. The van der Waals surface area contributed by atoms with Crippen molar-refractivity contribution >= 4 is 18.0 Å². The Balaban J connectivity index is 2.49. The van der Waals surface area contributed by atoms with Gasteiger partial charge in [0, 0.05) is 13.1 Å². The Morgan fingerprint density at radius 2 is 1.56 bits per heavy atom. The molecule has 0 aliphatic rings. The van der Waals surface area contributed by atoms with Crippen molar-refractivity contribution in [1.29, 1.82) is 0 Å². The summed E-state index contributed by atoms with van der Waals surface area (Å²) in [7, 11) is 0. The van der Waals surface area contributed by atoms with Gasteiger partial charge >= 0.3 is 18.0 Å². The SMILES string of the molecule is CC(C)(C)OC(=O)NCc1ccc(CNC(CC(=O)O)C(=O)O)cc1. The number of hydrogen-bond acceptors (Lipinski definition) is 5. The maximum Gasteiger partial charge on any atom is 0.407 e. The molecule has 0 saturated heterocycles. The van der Waals surface area contributed by atoms with Gasteiger partial charge in [-0.25, -0.2) is 4.79 Å². The Morgan fingerprint density at radius 1 is 1.04 bits per heavy atom. The first-order valence-electron chi connectivity index (χ1n) is 7.79. The highest BCUT2D eigenvalue weighted by atomic mass is 16.6. The Hall–Kier alpha value is -2.61. The second-order valence-corrected chi connectivity index (χ2v) is 6.54. The molecule has 0 aliphatic heterocycles. The molecule has 0 fully saturated rings. The third-order valence-corrected chi connectivity index (χ3v) is 3.09. The molecule has 0 aliphatic carbocycles. The zero-order valence-electron chi connectivity index (χ0n) is 14.5. The molecule has 0 saturated carbocycles. The number of carbonyl (C=O) groups is 3. The Kier molecular flexibility index (Phi) is 7.38. The fraction of sp³-hybridized carbons (Fsp3) is 0.471. The Bertz CT molecular complexity index is 607. The normalized spacial score (nSPS) is 12.3. The van der Waals surface area contributed by atoms with Crippen LogP contribution >= 0.6 is 0 Å². The topological polar surface area (TPSA) is 125 Å². The first-order chi connectivity index (χ1) is 11.6. The quantitative estimate of drug-likeness (QED) is 0.561. The van der Waals surface area contributed by atoms with Gasteiger partial charge in [-0.2, -0.15) is 0 Å². The minimum Gasteiger partial charge on any atom is -0.481 e. The zero-order valence-corrected chi connectivity index (χ0v) is 14.5. The molecule has 0 aromatic heterocycles. The van der Waals surface area contributed by atoms with E-state index in [2.05, 4.69) is 10.6 Å². The van der Waals surface area contributed by atoms with Gasteiger partial charge in [-0.3, -0.25) is 14.9 Å². The minimum absolute atomic E-state index is 0.226. The molecular formula is C17H24N2O6. The summed E-state index contributed by atoms with van der Waals surface area (Å²) in [5.41, 5.74) is 1.10. The lowest BCUT2D eigenvalue weighted by atomic mass is 10.1. The van der Waals surface area contributed by atoms with Gasteiger partial charge in [0.1, 0.15) is 11.6 Å². The predicted molar refractivity (Wildman–Crippen MR) is 90.0 cm³/mol. The van der Waals surface area contributed by atoms with Crippen molar-refractivity contribution in [3.05, 3.63) is 35.4 Å². The van der Waals surface area contributed by atoms with E-state index in [1.165, 1.54) is 0 Å². The number of carboxylic acids is 2. The van der Waals surface area contributed by atoms with Crippen LogP contribution in [0, 0.1) is 0 Å². The van der Waals surface area contributed by atoms with Gasteiger partial charge in [0.15, 0.2) is 0 Å². The number of ether oxygens (including phenoxy) is 1. The van der Waals surface area contributed by atoms with Crippen molar-refractivity contribution in [2.24, 2.45) is 0 Å². The number of carbonyl (C=O) groups excluding carboxylic acids is 1. The molecule has 0 radical (unpaired) electrons. The van der Waals surface area contributed by atoms with Crippen LogP contribution in [0.1, 0.15) is 38.3 Å². The van der Waals surface area contributed by atoms with E-state index < -0.39 is 36.1 Å². The van der Waals surface area contributed by atoms with Crippen LogP contribution in [-0.4, -0.2) is 39.9 Å². The summed E-state index contributed by atoms with van der Waals surface area (Å²) in [5, 5.41) is 23.0. The highest BCUT2D eigenvalue weighted by Crippen LogP contribution is 2.08. The molecule has 0 spiro atoms. The van der Waals surface area contributed by atoms with Crippen LogP contribution < -0.4 is 10.6 Å². The van der Waals surface area contributed by atoms with Crippen molar-refractivity contribution < 1.29 is 29.3 Å². The van der Waals surface area contributed by atoms with Crippen LogP contribution in [0.25, 0.3) is 0 Å². The van der Waals surface area contributed by atoms with Crippen LogP contribution in [0.5, 0.6) is 0 Å². The predicted octanol–water partition coefficient (Wildman–Crippen LogP) is 1.73. The van der Waals surface area contributed by atoms with E-state index in [0.717, 1.165) is 11.1 Å². The van der Waals surface area contributed by atoms with Gasteiger partial charge in [-0.1, -0.05) is 24.3 Å². The Morgan fingerprint density at radius 3 is 2.00 bits per heavy atom. The van der Waals surface area contributed by atoms with Crippen LogP contribution in [0.2, 0.25) is 0 Å². The van der Waals surface area contributed by atoms with E-state index in [0.29, 0.717) is 6.54 Å². The molecule has 138 valence electrons. The van der Waals surface area contributed by atoms with E-state index >= 15 is 0 Å². The van der Waals surface area contributed by atoms with E-state index in [9.17, 15) is 14.4 Å². The summed E-state index contributed by atoms with van der Waals surface area (Å²) in [4.78, 5) is 33.2. The van der Waals surface area contributed by atoms with Crippen molar-refractivity contribution in [2.45, 2.75) is 51.9 Å². The summed E-state index contributed by atoms with van der Waals surface area (Å²) >= 11 is 0. The van der Waals surface area contributed by atoms with Gasteiger partial charge in [0.05, 0.1) is 6.42 Å². The summed E-state index contributed by atoms with van der Waals surface area (Å²) in [6.07, 6.45) is -0.996. The van der Waals surface area contributed by atoms with Crippen molar-refractivity contribution in [3.63, 3.8) is 0 Å². The number of hydrogen-bond donors (Lipinski definition) is 4. The molecule has 1 atom stereocenters. The maximum absolute atomic E-state index is 11.6. The summed E-state index contributed by atoms with van der Waals surface area (Å²) in [6, 6.07) is 5.99. The lowest BCUT2D eigenvalue weighted by molar-refractivity contribution is -0.146. The van der Waals surface area contributed by atoms with E-state index in [1.54, 1.807) is 45.0 Å². The number of nitrogens with one attached hydrogen (secondary N) is 2. The smallest absolute Gasteiger partial charge is 0.407 e. The van der Waals surface area contributed by atoms with Gasteiger partial charge in [0.2, 0.25) is 0 Å². The van der Waals surface area contributed by atoms with Gasteiger partial charge < -0.3 is 20.3 Å². The van der Waals surface area contributed by atoms with Crippen molar-refractivity contribution in [1.82, 2.24) is 10.6 Å². The average molecular weight is 352 g/mol. The van der Waals surface area contributed by atoms with Gasteiger partial charge in [-0.05, 0) is 31.9 Å². The number of amides is 1. The number of rotatable bonds is 8. The van der Waals surface area contributed by atoms with E-state index in [1.807, 2.05) is 0 Å². The number of alkyl carbamates (subject to hydrolysis) is 1. The Labute approximate surface area is 146 Å². The number of benzene rings is 1. The lowest BCUT2D eigenvalue weighted by Crippen LogP contribution is -2.38. The largest absolute Gasteiger partial charge is 0.481 e. The van der Waals surface area contributed by atoms with Crippen molar-refractivity contribution in [3.8, 4) is 0 Å². The van der Waals surface area contributed by atoms with E-state index in [-0.39, 0.29) is 6.54 Å². The summed E-state index contributed by atoms with van der Waals surface area (Å²) in [5.74, 6) is -2.39. The highest BCUT2D eigenvalue weighted by Gasteiger charge is 2.20. The average Bonchev–Trinajstić information content (AvgIpc) is 2.48. The molecule has 0 bridgehead atoms. The van der Waals surface area contributed by atoms with E-state index in [4.69, 9.17) is 14.9 Å². The molecule has 8 nitrogen and oxygen atoms in total. The number of carboxylic acid groups (broad SMARTS) is 2. The van der Waals surface area contributed by atoms with Crippen molar-refractivity contribution in [2.75, 3.05) is 0 Å². The molecule has 1 amide bonds. The zero-order chi connectivity index (χ0) is 19.0. The third-order valence-electron chi connectivity index (χ3n) is 3.09. The summed E-state index contributed by atoms with van der Waals surface area (Å²) < 4.78 is 5.14. The lowest BCUT2D eigenvalue weighted by Gasteiger charge is -2.19. The highest BCUT2D eigenvalue weighted by molar-refractivity contribution is 5.80. The molecular weight excluding hydrogens is 328 g/mol. The fourth-order valence-electron chi connectivity index (χ4n) is 1.93. The molecule has 4 N–H and O–H groups in total. The van der Waals surface area contributed by atoms with Crippen LogP contribution in [-0.2, 0) is 27.4 Å². The van der Waals surface area contributed by atoms with Gasteiger partial charge in [-0.15, -0.1) is 0 Å². The monoisotopic (exact) mass is 352 g/mol. The van der Waals surface area contributed by atoms with Crippen LogP contribution in [0.15, 0.2) is 24.3 Å². The van der Waals surface area contributed by atoms with Crippen LogP contribution in [0.4, 0.5) is 4.79 Å². The second-order valence-electron chi connectivity index (χ2n) is 6.54. The maximum atomic E-state index is 11.6. The minimum atomic E-state index is -1.21. The molecule has 0 heterocycles. The molecule has 8 heteroatoms. The molecule has 25 heavy (non-hydrogen) atoms. The van der Waals surface area contributed by atoms with Crippen LogP contribution in [0.3, 0.4) is 0 Å². The molecule has 1 rings (SSSR count). The molecule has 1 aromatic carbocycles. The van der Waals surface area contributed by atoms with Gasteiger partial charge in [0.25, 0.3) is 0 Å². The first-order valence-corrected chi connectivity index (χ1v) is 7.79. The fourth-order valence-corrected chi connectivity index (χ4v) is 1.93.